The molecule has 1 amide bonds. The summed E-state index contributed by atoms with van der Waals surface area (Å²) in [5, 5.41) is 11.3. The van der Waals surface area contributed by atoms with E-state index in [9.17, 15) is 13.2 Å². The van der Waals surface area contributed by atoms with Crippen molar-refractivity contribution in [3.8, 4) is 0 Å². The Morgan fingerprint density at radius 1 is 1.22 bits per heavy atom. The zero-order chi connectivity index (χ0) is 13.6. The number of aliphatic hydroxyl groups excluding tert-OH is 1. The third kappa shape index (κ3) is 4.85. The predicted molar refractivity (Wildman–Crippen MR) is 69.1 cm³/mol. The van der Waals surface area contributed by atoms with Gasteiger partial charge in [0.1, 0.15) is 0 Å². The smallest absolute Gasteiger partial charge is 0.224 e. The number of benzene rings is 1. The summed E-state index contributed by atoms with van der Waals surface area (Å²) >= 11 is 0. The van der Waals surface area contributed by atoms with Crippen molar-refractivity contribution in [1.29, 1.82) is 0 Å². The number of hydrogen-bond donors (Lipinski definition) is 2. The van der Waals surface area contributed by atoms with Crippen LogP contribution in [0.1, 0.15) is 19.3 Å². The Balaban J connectivity index is 2.56. The number of anilines is 1. The van der Waals surface area contributed by atoms with Gasteiger partial charge in [-0.2, -0.15) is 0 Å². The Morgan fingerprint density at radius 3 is 2.33 bits per heavy atom. The summed E-state index contributed by atoms with van der Waals surface area (Å²) in [7, 11) is -3.21. The third-order valence-corrected chi connectivity index (χ3v) is 3.51. The molecule has 5 nitrogen and oxygen atoms in total. The lowest BCUT2D eigenvalue weighted by Crippen LogP contribution is -2.11. The van der Waals surface area contributed by atoms with E-state index in [1.165, 1.54) is 12.1 Å². The Kier molecular flexibility index (Phi) is 5.30. The molecule has 0 atom stereocenters. The molecule has 2 N–H and O–H groups in total. The Hall–Kier alpha value is -1.40. The lowest BCUT2D eigenvalue weighted by Gasteiger charge is -2.05. The molecule has 0 bridgehead atoms. The molecule has 0 radical (unpaired) electrons. The van der Waals surface area contributed by atoms with Gasteiger partial charge in [0.15, 0.2) is 9.84 Å². The largest absolute Gasteiger partial charge is 0.396 e. The fourth-order valence-corrected chi connectivity index (χ4v) is 2.04. The molecule has 0 fully saturated rings. The van der Waals surface area contributed by atoms with Crippen LogP contribution in [0.15, 0.2) is 29.2 Å². The van der Waals surface area contributed by atoms with Gasteiger partial charge in [-0.15, -0.1) is 0 Å². The first-order chi connectivity index (χ1) is 8.43. The highest BCUT2D eigenvalue weighted by atomic mass is 32.2. The van der Waals surface area contributed by atoms with Gasteiger partial charge >= 0.3 is 0 Å². The van der Waals surface area contributed by atoms with Gasteiger partial charge in [-0.05, 0) is 37.1 Å². The van der Waals surface area contributed by atoms with E-state index < -0.39 is 9.84 Å². The van der Waals surface area contributed by atoms with Crippen molar-refractivity contribution in [1.82, 2.24) is 0 Å². The highest BCUT2D eigenvalue weighted by Crippen LogP contribution is 2.14. The van der Waals surface area contributed by atoms with Crippen LogP contribution in [0.25, 0.3) is 0 Å². The maximum absolute atomic E-state index is 11.5. The van der Waals surface area contributed by atoms with E-state index in [1.807, 2.05) is 0 Å². The highest BCUT2D eigenvalue weighted by Gasteiger charge is 2.07. The molecule has 0 aliphatic carbocycles. The van der Waals surface area contributed by atoms with E-state index in [2.05, 4.69) is 5.32 Å². The van der Waals surface area contributed by atoms with Gasteiger partial charge in [0.2, 0.25) is 5.91 Å². The number of carbonyl (C=O) groups is 1. The number of rotatable bonds is 6. The average molecular weight is 271 g/mol. The van der Waals surface area contributed by atoms with Gasteiger partial charge in [0, 0.05) is 25.0 Å². The molecule has 0 aliphatic rings. The minimum absolute atomic E-state index is 0.0797. The Bertz CT molecular complexity index is 493. The normalized spacial score (nSPS) is 11.2. The van der Waals surface area contributed by atoms with Crippen LogP contribution in [0, 0.1) is 0 Å². The van der Waals surface area contributed by atoms with Gasteiger partial charge in [0.25, 0.3) is 0 Å². The summed E-state index contributed by atoms with van der Waals surface area (Å²) in [5.74, 6) is -0.143. The Morgan fingerprint density at radius 2 is 1.83 bits per heavy atom. The highest BCUT2D eigenvalue weighted by molar-refractivity contribution is 7.90. The molecule has 100 valence electrons. The topological polar surface area (TPSA) is 83.5 Å². The van der Waals surface area contributed by atoms with Crippen molar-refractivity contribution in [2.45, 2.75) is 24.2 Å². The molecule has 1 rings (SSSR count). The first-order valence-corrected chi connectivity index (χ1v) is 7.53. The first-order valence-electron chi connectivity index (χ1n) is 5.64. The predicted octanol–water partition coefficient (Wildman–Crippen LogP) is 1.19. The molecule has 6 heteroatoms. The van der Waals surface area contributed by atoms with Crippen LogP contribution < -0.4 is 5.32 Å². The Labute approximate surface area is 107 Å². The van der Waals surface area contributed by atoms with Crippen LogP contribution in [0.5, 0.6) is 0 Å². The van der Waals surface area contributed by atoms with Crippen molar-refractivity contribution in [2.75, 3.05) is 18.2 Å². The van der Waals surface area contributed by atoms with Crippen LogP contribution in [-0.2, 0) is 14.6 Å². The SMILES string of the molecule is CS(=O)(=O)c1ccc(NC(=O)CCCCO)cc1. The monoisotopic (exact) mass is 271 g/mol. The minimum Gasteiger partial charge on any atom is -0.396 e. The van der Waals surface area contributed by atoms with Gasteiger partial charge in [-0.25, -0.2) is 8.42 Å². The van der Waals surface area contributed by atoms with E-state index in [-0.39, 0.29) is 17.4 Å². The maximum atomic E-state index is 11.5. The van der Waals surface area contributed by atoms with Crippen LogP contribution >= 0.6 is 0 Å². The van der Waals surface area contributed by atoms with Crippen LogP contribution in [0.3, 0.4) is 0 Å². The van der Waals surface area contributed by atoms with Gasteiger partial charge in [0.05, 0.1) is 4.90 Å². The minimum atomic E-state index is -3.21. The van der Waals surface area contributed by atoms with Gasteiger partial charge < -0.3 is 10.4 Å². The number of unbranched alkanes of at least 4 members (excludes halogenated alkanes) is 1. The van der Waals surface area contributed by atoms with Crippen LogP contribution in [0.2, 0.25) is 0 Å². The lowest BCUT2D eigenvalue weighted by molar-refractivity contribution is -0.116. The van der Waals surface area contributed by atoms with E-state index in [0.717, 1.165) is 6.26 Å². The summed E-state index contributed by atoms with van der Waals surface area (Å²) < 4.78 is 22.5. The van der Waals surface area contributed by atoms with E-state index in [0.29, 0.717) is 24.9 Å². The number of sulfone groups is 1. The second kappa shape index (κ2) is 6.51. The molecule has 0 saturated carbocycles. The fraction of sp³-hybridized carbons (Fsp3) is 0.417. The molecule has 0 saturated heterocycles. The van der Waals surface area contributed by atoms with E-state index >= 15 is 0 Å². The van der Waals surface area contributed by atoms with E-state index in [4.69, 9.17) is 5.11 Å². The summed E-state index contributed by atoms with van der Waals surface area (Å²) in [5.41, 5.74) is 0.566. The van der Waals surface area contributed by atoms with Gasteiger partial charge in [-0.3, -0.25) is 4.79 Å². The zero-order valence-corrected chi connectivity index (χ0v) is 11.0. The number of nitrogens with one attached hydrogen (secondary N) is 1. The summed E-state index contributed by atoms with van der Waals surface area (Å²) in [6.45, 7) is 0.0797. The van der Waals surface area contributed by atoms with Gasteiger partial charge in [-0.1, -0.05) is 0 Å². The molecular weight excluding hydrogens is 254 g/mol. The van der Waals surface area contributed by atoms with Crippen molar-refractivity contribution in [2.24, 2.45) is 0 Å². The van der Waals surface area contributed by atoms with Crippen molar-refractivity contribution in [3.05, 3.63) is 24.3 Å². The van der Waals surface area contributed by atoms with Crippen molar-refractivity contribution < 1.29 is 18.3 Å². The summed E-state index contributed by atoms with van der Waals surface area (Å²) in [6, 6.07) is 6.03. The number of carbonyl (C=O) groups excluding carboxylic acids is 1. The first kappa shape index (κ1) is 14.7. The fourth-order valence-electron chi connectivity index (χ4n) is 1.41. The standard InChI is InChI=1S/C12H17NO4S/c1-18(16,17)11-7-5-10(6-8-11)13-12(15)4-2-3-9-14/h5-8,14H,2-4,9H2,1H3,(H,13,15). The lowest BCUT2D eigenvalue weighted by atomic mass is 10.2. The molecule has 0 unspecified atom stereocenters. The second-order valence-corrected chi connectivity index (χ2v) is 6.04. The van der Waals surface area contributed by atoms with Crippen LogP contribution in [-0.4, -0.2) is 32.3 Å². The average Bonchev–Trinajstić information content (AvgIpc) is 2.29. The summed E-state index contributed by atoms with van der Waals surface area (Å²) in [4.78, 5) is 11.7. The van der Waals surface area contributed by atoms with E-state index in [1.54, 1.807) is 12.1 Å². The number of amides is 1. The quantitative estimate of drug-likeness (QED) is 0.761. The molecule has 0 aliphatic heterocycles. The molecule has 1 aromatic rings. The molecule has 18 heavy (non-hydrogen) atoms. The summed E-state index contributed by atoms with van der Waals surface area (Å²) in [6.07, 6.45) is 2.70. The molecule has 0 aromatic heterocycles. The maximum Gasteiger partial charge on any atom is 0.224 e. The second-order valence-electron chi connectivity index (χ2n) is 4.03. The molecule has 0 heterocycles. The number of hydrogen-bond acceptors (Lipinski definition) is 4. The molecular formula is C12H17NO4S. The molecule has 1 aromatic carbocycles. The zero-order valence-electron chi connectivity index (χ0n) is 10.2. The van der Waals surface area contributed by atoms with Crippen molar-refractivity contribution >= 4 is 21.4 Å². The molecule has 0 spiro atoms. The third-order valence-electron chi connectivity index (χ3n) is 2.38. The van der Waals surface area contributed by atoms with Crippen molar-refractivity contribution in [3.63, 3.8) is 0 Å². The number of aliphatic hydroxyl groups is 1. The van der Waals surface area contributed by atoms with Crippen LogP contribution in [0.4, 0.5) is 5.69 Å².